The van der Waals surface area contributed by atoms with E-state index in [0.717, 1.165) is 18.2 Å². The number of nitrogen functional groups attached to an aromatic ring is 1. The van der Waals surface area contributed by atoms with Crippen LogP contribution in [0.1, 0.15) is 29.8 Å². The molecule has 0 fully saturated rings. The number of nitrogens with two attached hydrogens (primary N) is 1. The molecule has 0 bridgehead atoms. The number of hydrogen-bond acceptors (Lipinski definition) is 7. The number of ether oxygens (including phenoxy) is 1. The molecule has 1 heterocycles. The van der Waals surface area contributed by atoms with Crippen LogP contribution in [0.2, 0.25) is 5.02 Å². The van der Waals surface area contributed by atoms with Crippen molar-refractivity contribution in [3.8, 4) is 0 Å². The van der Waals surface area contributed by atoms with Gasteiger partial charge in [0.25, 0.3) is 0 Å². The van der Waals surface area contributed by atoms with E-state index in [1.54, 1.807) is 24.3 Å². The second kappa shape index (κ2) is 9.95. The Morgan fingerprint density at radius 1 is 1.09 bits per heavy atom. The highest BCUT2D eigenvalue weighted by Gasteiger charge is 2.31. The van der Waals surface area contributed by atoms with Gasteiger partial charge in [0, 0.05) is 5.69 Å². The summed E-state index contributed by atoms with van der Waals surface area (Å²) in [5, 5.41) is 5.77. The van der Waals surface area contributed by atoms with Crippen LogP contribution in [0.5, 0.6) is 0 Å². The molecule has 3 aromatic rings. The standard InChI is InChI=1S/C22H21ClF3N5O2/c1-12(2)10-33-21(32)13-3-6-15(7-4-13)30-19-18(27)20(29-11-28-19)31-17-9-14(22(24,25)26)5-8-16(17)23/h3-9,11-12H,10,27H2,1-2H3,(H2,28,29,30,31). The normalized spacial score (nSPS) is 11.4. The van der Waals surface area contributed by atoms with E-state index in [1.165, 1.54) is 6.33 Å². The van der Waals surface area contributed by atoms with Crippen LogP contribution in [0.3, 0.4) is 0 Å². The molecule has 0 amide bonds. The lowest BCUT2D eigenvalue weighted by Gasteiger charge is -2.15. The van der Waals surface area contributed by atoms with Gasteiger partial charge in [0.1, 0.15) is 12.0 Å². The molecule has 174 valence electrons. The van der Waals surface area contributed by atoms with Crippen LogP contribution in [0.25, 0.3) is 0 Å². The monoisotopic (exact) mass is 479 g/mol. The molecule has 33 heavy (non-hydrogen) atoms. The zero-order chi connectivity index (χ0) is 24.2. The Balaban J connectivity index is 1.77. The van der Waals surface area contributed by atoms with Crippen molar-refractivity contribution < 1.29 is 22.7 Å². The summed E-state index contributed by atoms with van der Waals surface area (Å²) in [4.78, 5) is 20.1. The van der Waals surface area contributed by atoms with E-state index in [1.807, 2.05) is 13.8 Å². The Labute approximate surface area is 193 Å². The number of rotatable bonds is 7. The third-order valence-electron chi connectivity index (χ3n) is 4.36. The number of nitrogens with zero attached hydrogens (tertiary/aromatic N) is 2. The Morgan fingerprint density at radius 2 is 1.73 bits per heavy atom. The van der Waals surface area contributed by atoms with Crippen molar-refractivity contribution in [1.29, 1.82) is 0 Å². The molecule has 0 saturated heterocycles. The fourth-order valence-electron chi connectivity index (χ4n) is 2.67. The first-order chi connectivity index (χ1) is 15.5. The number of halogens is 4. The lowest BCUT2D eigenvalue weighted by atomic mass is 10.2. The number of nitrogens with one attached hydrogen (secondary N) is 2. The molecule has 0 aliphatic heterocycles. The highest BCUT2D eigenvalue weighted by molar-refractivity contribution is 6.33. The van der Waals surface area contributed by atoms with E-state index < -0.39 is 17.7 Å². The summed E-state index contributed by atoms with van der Waals surface area (Å²) in [5.41, 5.74) is 6.26. The summed E-state index contributed by atoms with van der Waals surface area (Å²) in [5.74, 6) is 0.0823. The van der Waals surface area contributed by atoms with Crippen molar-refractivity contribution >= 4 is 46.3 Å². The van der Waals surface area contributed by atoms with Crippen molar-refractivity contribution in [2.75, 3.05) is 23.0 Å². The number of esters is 1. The second-order valence-corrected chi connectivity index (χ2v) is 7.90. The van der Waals surface area contributed by atoms with Gasteiger partial charge in [0.2, 0.25) is 0 Å². The number of benzene rings is 2. The Hall–Kier alpha value is -3.53. The first-order valence-corrected chi connectivity index (χ1v) is 10.2. The molecule has 0 atom stereocenters. The molecule has 0 aliphatic rings. The van der Waals surface area contributed by atoms with Crippen LogP contribution in [0.4, 0.5) is 41.9 Å². The fraction of sp³-hybridized carbons (Fsp3) is 0.227. The second-order valence-electron chi connectivity index (χ2n) is 7.50. The van der Waals surface area contributed by atoms with Gasteiger partial charge < -0.3 is 21.1 Å². The first-order valence-electron chi connectivity index (χ1n) is 9.83. The largest absolute Gasteiger partial charge is 0.462 e. The summed E-state index contributed by atoms with van der Waals surface area (Å²) in [6, 6.07) is 9.35. The van der Waals surface area contributed by atoms with E-state index in [0.29, 0.717) is 17.9 Å². The van der Waals surface area contributed by atoms with Gasteiger partial charge in [0.05, 0.1) is 28.4 Å². The topological polar surface area (TPSA) is 102 Å². The molecule has 7 nitrogen and oxygen atoms in total. The zero-order valence-electron chi connectivity index (χ0n) is 17.7. The number of carbonyl (C=O) groups excluding carboxylic acids is 1. The molecular formula is C22H21ClF3N5O2. The predicted octanol–water partition coefficient (Wildman–Crippen LogP) is 6.03. The Kier molecular flexibility index (Phi) is 7.27. The maximum absolute atomic E-state index is 13.0. The van der Waals surface area contributed by atoms with Crippen LogP contribution >= 0.6 is 11.6 Å². The summed E-state index contributed by atoms with van der Waals surface area (Å²) >= 11 is 6.03. The molecule has 1 aromatic heterocycles. The number of aromatic nitrogens is 2. The molecule has 3 rings (SSSR count). The molecule has 4 N–H and O–H groups in total. The third-order valence-corrected chi connectivity index (χ3v) is 4.69. The van der Waals surface area contributed by atoms with Gasteiger partial charge in [-0.05, 0) is 48.4 Å². The number of anilines is 5. The van der Waals surface area contributed by atoms with Crippen LogP contribution in [0, 0.1) is 5.92 Å². The van der Waals surface area contributed by atoms with Gasteiger partial charge in [0.15, 0.2) is 11.6 Å². The van der Waals surface area contributed by atoms with Crippen molar-refractivity contribution in [2.45, 2.75) is 20.0 Å². The maximum Gasteiger partial charge on any atom is 0.416 e. The quantitative estimate of drug-likeness (QED) is 0.355. The number of alkyl halides is 3. The van der Waals surface area contributed by atoms with Gasteiger partial charge >= 0.3 is 12.1 Å². The van der Waals surface area contributed by atoms with Crippen molar-refractivity contribution in [1.82, 2.24) is 9.97 Å². The van der Waals surface area contributed by atoms with Crippen molar-refractivity contribution in [2.24, 2.45) is 5.92 Å². The average molecular weight is 480 g/mol. The molecule has 0 radical (unpaired) electrons. The van der Waals surface area contributed by atoms with Gasteiger partial charge in [-0.3, -0.25) is 0 Å². The van der Waals surface area contributed by atoms with E-state index in [9.17, 15) is 18.0 Å². The van der Waals surface area contributed by atoms with E-state index in [2.05, 4.69) is 20.6 Å². The van der Waals surface area contributed by atoms with E-state index in [4.69, 9.17) is 22.1 Å². The molecule has 11 heteroatoms. The number of carbonyl (C=O) groups is 1. The van der Waals surface area contributed by atoms with Crippen molar-refractivity contribution in [3.05, 3.63) is 64.9 Å². The molecular weight excluding hydrogens is 459 g/mol. The van der Waals surface area contributed by atoms with Crippen LogP contribution in [0.15, 0.2) is 48.8 Å². The molecule has 0 aliphatic carbocycles. The minimum absolute atomic E-state index is 0.00731. The lowest BCUT2D eigenvalue weighted by molar-refractivity contribution is -0.137. The van der Waals surface area contributed by atoms with E-state index >= 15 is 0 Å². The Morgan fingerprint density at radius 3 is 2.33 bits per heavy atom. The fourth-order valence-corrected chi connectivity index (χ4v) is 2.84. The SMILES string of the molecule is CC(C)COC(=O)c1ccc(Nc2ncnc(Nc3cc(C(F)(F)F)ccc3Cl)c2N)cc1. The van der Waals surface area contributed by atoms with Gasteiger partial charge in [-0.2, -0.15) is 13.2 Å². The highest BCUT2D eigenvalue weighted by atomic mass is 35.5. The van der Waals surface area contributed by atoms with E-state index in [-0.39, 0.29) is 34.0 Å². The minimum Gasteiger partial charge on any atom is -0.462 e. The van der Waals surface area contributed by atoms with Crippen LogP contribution in [-0.2, 0) is 10.9 Å². The molecule has 0 saturated carbocycles. The average Bonchev–Trinajstić information content (AvgIpc) is 2.76. The minimum atomic E-state index is -4.53. The molecule has 0 unspecified atom stereocenters. The van der Waals surface area contributed by atoms with Gasteiger partial charge in [-0.15, -0.1) is 0 Å². The Bertz CT molecular complexity index is 1140. The van der Waals surface area contributed by atoms with Gasteiger partial charge in [-0.25, -0.2) is 14.8 Å². The van der Waals surface area contributed by atoms with Gasteiger partial charge in [-0.1, -0.05) is 25.4 Å². The third kappa shape index (κ3) is 6.26. The number of hydrogen-bond donors (Lipinski definition) is 3. The maximum atomic E-state index is 13.0. The highest BCUT2D eigenvalue weighted by Crippen LogP contribution is 2.36. The van der Waals surface area contributed by atoms with Crippen LogP contribution < -0.4 is 16.4 Å². The van der Waals surface area contributed by atoms with Crippen LogP contribution in [-0.4, -0.2) is 22.5 Å². The zero-order valence-corrected chi connectivity index (χ0v) is 18.5. The molecule has 0 spiro atoms. The smallest absolute Gasteiger partial charge is 0.416 e. The predicted molar refractivity (Wildman–Crippen MR) is 121 cm³/mol. The summed E-state index contributed by atoms with van der Waals surface area (Å²) in [6.07, 6.45) is -3.33. The summed E-state index contributed by atoms with van der Waals surface area (Å²) < 4.78 is 44.3. The lowest BCUT2D eigenvalue weighted by Crippen LogP contribution is -2.10. The van der Waals surface area contributed by atoms with Crippen molar-refractivity contribution in [3.63, 3.8) is 0 Å². The summed E-state index contributed by atoms with van der Waals surface area (Å²) in [7, 11) is 0. The summed E-state index contributed by atoms with van der Waals surface area (Å²) in [6.45, 7) is 4.20. The first kappa shape index (κ1) is 24.1. The molecule has 2 aromatic carbocycles.